The van der Waals surface area contributed by atoms with Gasteiger partial charge in [-0.3, -0.25) is 0 Å². The zero-order chi connectivity index (χ0) is 14.0. The quantitative estimate of drug-likeness (QED) is 0.870. The number of nitrogens with zero attached hydrogens (tertiary/aromatic N) is 2. The van der Waals surface area contributed by atoms with Crippen LogP contribution in [-0.4, -0.2) is 18.4 Å². The van der Waals surface area contributed by atoms with Crippen LogP contribution in [0.15, 0.2) is 22.7 Å². The highest BCUT2D eigenvalue weighted by Crippen LogP contribution is 2.22. The minimum atomic E-state index is -3.67. The van der Waals surface area contributed by atoms with Crippen LogP contribution in [0.2, 0.25) is 10.2 Å². The van der Waals surface area contributed by atoms with Crippen molar-refractivity contribution in [2.45, 2.75) is 18.4 Å². The van der Waals surface area contributed by atoms with Crippen molar-refractivity contribution in [2.75, 3.05) is 0 Å². The van der Waals surface area contributed by atoms with Crippen LogP contribution in [-0.2, 0) is 16.6 Å². The van der Waals surface area contributed by atoms with Gasteiger partial charge >= 0.3 is 0 Å². The Kier molecular flexibility index (Phi) is 4.42. The van der Waals surface area contributed by atoms with Crippen molar-refractivity contribution in [2.24, 2.45) is 0 Å². The maximum Gasteiger partial charge on any atom is 0.242 e. The topological polar surface area (TPSA) is 72.0 Å². The largest absolute Gasteiger partial charge is 0.250 e. The molecule has 0 bridgehead atoms. The second-order valence-electron chi connectivity index (χ2n) is 3.63. The van der Waals surface area contributed by atoms with Gasteiger partial charge in [0.15, 0.2) is 0 Å². The van der Waals surface area contributed by atoms with Crippen LogP contribution in [0.25, 0.3) is 0 Å². The lowest BCUT2D eigenvalue weighted by Gasteiger charge is -2.06. The Morgan fingerprint density at radius 2 is 2.11 bits per heavy atom. The van der Waals surface area contributed by atoms with Crippen LogP contribution in [0, 0.1) is 6.92 Å². The molecule has 0 aliphatic rings. The monoisotopic (exact) mass is 337 g/mol. The van der Waals surface area contributed by atoms with Gasteiger partial charge in [-0.15, -0.1) is 11.3 Å². The first-order valence-electron chi connectivity index (χ1n) is 5.10. The van der Waals surface area contributed by atoms with Gasteiger partial charge < -0.3 is 0 Å². The van der Waals surface area contributed by atoms with Crippen LogP contribution in [0.1, 0.15) is 10.6 Å². The highest BCUT2D eigenvalue weighted by molar-refractivity contribution is 7.89. The van der Waals surface area contributed by atoms with E-state index in [1.807, 2.05) is 6.92 Å². The van der Waals surface area contributed by atoms with E-state index in [2.05, 4.69) is 14.7 Å². The molecule has 0 fully saturated rings. The van der Waals surface area contributed by atoms with E-state index in [4.69, 9.17) is 23.2 Å². The highest BCUT2D eigenvalue weighted by atomic mass is 35.5. The van der Waals surface area contributed by atoms with Gasteiger partial charge in [-0.25, -0.2) is 23.1 Å². The summed E-state index contributed by atoms with van der Waals surface area (Å²) in [5.74, 6) is 0. The van der Waals surface area contributed by atoms with E-state index in [-0.39, 0.29) is 21.6 Å². The smallest absolute Gasteiger partial charge is 0.242 e. The number of hydrogen-bond donors (Lipinski definition) is 1. The fourth-order valence-electron chi connectivity index (χ4n) is 1.29. The van der Waals surface area contributed by atoms with Crippen molar-refractivity contribution >= 4 is 44.6 Å². The van der Waals surface area contributed by atoms with Gasteiger partial charge in [0, 0.05) is 17.6 Å². The van der Waals surface area contributed by atoms with Crippen LogP contribution in [0.5, 0.6) is 0 Å². The SMILES string of the molecule is Cc1ncsc1CNS(=O)(=O)c1cnc(Cl)c(Cl)c1. The van der Waals surface area contributed by atoms with Crippen LogP contribution < -0.4 is 4.72 Å². The fraction of sp³-hybridized carbons (Fsp3) is 0.200. The van der Waals surface area contributed by atoms with Crippen LogP contribution >= 0.6 is 34.5 Å². The number of nitrogens with one attached hydrogen (secondary N) is 1. The molecule has 0 unspecified atom stereocenters. The molecule has 19 heavy (non-hydrogen) atoms. The zero-order valence-corrected chi connectivity index (χ0v) is 12.9. The number of thiazole rings is 1. The molecule has 102 valence electrons. The normalized spacial score (nSPS) is 11.7. The average Bonchev–Trinajstić information content (AvgIpc) is 2.76. The summed E-state index contributed by atoms with van der Waals surface area (Å²) in [5, 5.41) is 0.164. The van der Waals surface area contributed by atoms with E-state index in [1.165, 1.54) is 17.4 Å². The van der Waals surface area contributed by atoms with Gasteiger partial charge in [-0.2, -0.15) is 0 Å². The first-order valence-corrected chi connectivity index (χ1v) is 8.21. The first-order chi connectivity index (χ1) is 8.90. The molecule has 9 heteroatoms. The number of pyridine rings is 1. The minimum Gasteiger partial charge on any atom is -0.250 e. The second-order valence-corrected chi connectivity index (χ2v) is 7.10. The second kappa shape index (κ2) is 5.72. The molecular formula is C10H9Cl2N3O2S2. The Morgan fingerprint density at radius 3 is 2.68 bits per heavy atom. The van der Waals surface area contributed by atoms with E-state index in [0.29, 0.717) is 0 Å². The molecule has 2 heterocycles. The fourth-order valence-corrected chi connectivity index (χ4v) is 3.40. The number of sulfonamides is 1. The zero-order valence-electron chi connectivity index (χ0n) is 9.72. The van der Waals surface area contributed by atoms with Gasteiger partial charge in [-0.05, 0) is 13.0 Å². The summed E-state index contributed by atoms with van der Waals surface area (Å²) in [4.78, 5) is 8.59. The van der Waals surface area contributed by atoms with Crippen molar-refractivity contribution in [3.8, 4) is 0 Å². The third kappa shape index (κ3) is 3.43. The molecule has 5 nitrogen and oxygen atoms in total. The van der Waals surface area contributed by atoms with Crippen molar-refractivity contribution in [3.63, 3.8) is 0 Å². The summed E-state index contributed by atoms with van der Waals surface area (Å²) < 4.78 is 26.5. The molecule has 1 N–H and O–H groups in total. The first kappa shape index (κ1) is 14.7. The van der Waals surface area contributed by atoms with Gasteiger partial charge in [0.05, 0.1) is 16.2 Å². The summed E-state index contributed by atoms with van der Waals surface area (Å²) in [6, 6.07) is 1.26. The standard InChI is InChI=1S/C10H9Cl2N3O2S2/c1-6-9(18-5-14-6)4-15-19(16,17)7-2-8(11)10(12)13-3-7/h2-3,5,15H,4H2,1H3. The summed E-state index contributed by atoms with van der Waals surface area (Å²) in [5.41, 5.74) is 2.47. The lowest BCUT2D eigenvalue weighted by atomic mass is 10.4. The Bertz CT molecular complexity index is 701. The Hall–Kier alpha value is -0.730. The summed E-state index contributed by atoms with van der Waals surface area (Å²) in [6.07, 6.45) is 1.16. The third-order valence-electron chi connectivity index (χ3n) is 2.35. The molecule has 0 aromatic carbocycles. The van der Waals surface area contributed by atoms with E-state index < -0.39 is 10.0 Å². The predicted octanol–water partition coefficient (Wildman–Crippen LogP) is 2.63. The molecule has 2 aromatic heterocycles. The molecule has 2 aromatic rings. The van der Waals surface area contributed by atoms with Crippen molar-refractivity contribution in [3.05, 3.63) is 38.5 Å². The molecule has 0 saturated carbocycles. The van der Waals surface area contributed by atoms with E-state index in [1.54, 1.807) is 5.51 Å². The maximum atomic E-state index is 12.0. The molecular weight excluding hydrogens is 329 g/mol. The number of aryl methyl sites for hydroxylation is 1. The molecule has 0 spiro atoms. The van der Waals surface area contributed by atoms with E-state index >= 15 is 0 Å². The summed E-state index contributed by atoms with van der Waals surface area (Å²) >= 11 is 12.8. The van der Waals surface area contributed by atoms with Crippen LogP contribution in [0.3, 0.4) is 0 Å². The van der Waals surface area contributed by atoms with E-state index in [9.17, 15) is 8.42 Å². The number of aromatic nitrogens is 2. The molecule has 0 amide bonds. The van der Waals surface area contributed by atoms with Crippen molar-refractivity contribution in [1.29, 1.82) is 0 Å². The summed E-state index contributed by atoms with van der Waals surface area (Å²) in [7, 11) is -3.67. The lowest BCUT2D eigenvalue weighted by molar-refractivity contribution is 0.581. The third-order valence-corrected chi connectivity index (χ3v) is 5.34. The Morgan fingerprint density at radius 1 is 1.37 bits per heavy atom. The highest BCUT2D eigenvalue weighted by Gasteiger charge is 2.16. The Balaban J connectivity index is 2.18. The van der Waals surface area contributed by atoms with Crippen molar-refractivity contribution in [1.82, 2.24) is 14.7 Å². The van der Waals surface area contributed by atoms with Crippen molar-refractivity contribution < 1.29 is 8.42 Å². The average molecular weight is 338 g/mol. The van der Waals surface area contributed by atoms with Gasteiger partial charge in [0.2, 0.25) is 10.0 Å². The number of halogens is 2. The maximum absolute atomic E-state index is 12.0. The minimum absolute atomic E-state index is 0.0240. The number of rotatable bonds is 4. The lowest BCUT2D eigenvalue weighted by Crippen LogP contribution is -2.23. The molecule has 0 atom stereocenters. The summed E-state index contributed by atoms with van der Waals surface area (Å²) in [6.45, 7) is 2.00. The number of hydrogen-bond acceptors (Lipinski definition) is 5. The van der Waals surface area contributed by atoms with Crippen LogP contribution in [0.4, 0.5) is 0 Å². The molecule has 0 radical (unpaired) electrons. The van der Waals surface area contributed by atoms with Gasteiger partial charge in [0.25, 0.3) is 0 Å². The van der Waals surface area contributed by atoms with E-state index in [0.717, 1.165) is 16.8 Å². The predicted molar refractivity (Wildman–Crippen MR) is 75.1 cm³/mol. The molecule has 0 aliphatic heterocycles. The van der Waals surface area contributed by atoms with Gasteiger partial charge in [-0.1, -0.05) is 23.2 Å². The molecule has 2 rings (SSSR count). The molecule has 0 aliphatic carbocycles. The molecule has 0 saturated heterocycles. The Labute approximate surface area is 124 Å². The van der Waals surface area contributed by atoms with Gasteiger partial charge in [0.1, 0.15) is 10.0 Å².